The van der Waals surface area contributed by atoms with Gasteiger partial charge in [0.05, 0.1) is 12.8 Å². The van der Waals surface area contributed by atoms with Crippen LogP contribution < -0.4 is 5.32 Å². The zero-order valence-corrected chi connectivity index (χ0v) is 16.3. The minimum absolute atomic E-state index is 0. The highest BCUT2D eigenvalue weighted by Crippen LogP contribution is 2.33. The third-order valence-corrected chi connectivity index (χ3v) is 4.57. The average molecular weight is 421 g/mol. The highest BCUT2D eigenvalue weighted by molar-refractivity contribution is 14.0. The fraction of sp³-hybridized carbons (Fsp3) is 0.688. The third-order valence-electron chi connectivity index (χ3n) is 4.57. The van der Waals surface area contributed by atoms with E-state index in [-0.39, 0.29) is 24.0 Å². The van der Waals surface area contributed by atoms with E-state index in [1.165, 1.54) is 12.8 Å². The minimum atomic E-state index is -1.05. The molecule has 1 aromatic rings. The molecule has 0 saturated carbocycles. The SMILES string of the molecule is CCC1(C)CCN(C(=NC)NCC(C)(O)c2ccco2)C1.I. The van der Waals surface area contributed by atoms with E-state index in [9.17, 15) is 5.11 Å². The van der Waals surface area contributed by atoms with Crippen LogP contribution in [0.1, 0.15) is 39.4 Å². The number of furan rings is 1. The molecule has 0 radical (unpaired) electrons. The standard InChI is InChI=1S/C16H27N3O2.HI/c1-5-15(2)8-9-19(12-15)14(17-4)18-11-16(3,20)13-7-6-10-21-13;/h6-7,10,20H,5,8-9,11-12H2,1-4H3,(H,17,18);1H. The van der Waals surface area contributed by atoms with Gasteiger partial charge >= 0.3 is 0 Å². The van der Waals surface area contributed by atoms with Crippen molar-refractivity contribution in [2.45, 2.75) is 39.2 Å². The lowest BCUT2D eigenvalue weighted by Crippen LogP contribution is -2.46. The first-order chi connectivity index (χ1) is 9.90. The van der Waals surface area contributed by atoms with Crippen molar-refractivity contribution in [2.75, 3.05) is 26.7 Å². The van der Waals surface area contributed by atoms with Crippen LogP contribution in [-0.2, 0) is 5.60 Å². The first kappa shape index (κ1) is 19.3. The Kier molecular flexibility index (Phi) is 6.73. The molecular formula is C16H28IN3O2. The number of likely N-dealkylation sites (tertiary alicyclic amines) is 1. The van der Waals surface area contributed by atoms with Gasteiger partial charge in [-0.15, -0.1) is 24.0 Å². The summed E-state index contributed by atoms with van der Waals surface area (Å²) in [5, 5.41) is 13.7. The number of nitrogens with zero attached hydrogens (tertiary/aromatic N) is 2. The number of halogens is 1. The van der Waals surface area contributed by atoms with E-state index < -0.39 is 5.60 Å². The molecule has 2 heterocycles. The van der Waals surface area contributed by atoms with Crippen molar-refractivity contribution in [3.63, 3.8) is 0 Å². The Bertz CT molecular complexity index is 488. The lowest BCUT2D eigenvalue weighted by atomic mass is 9.87. The monoisotopic (exact) mass is 421 g/mol. The molecular weight excluding hydrogens is 393 g/mol. The Morgan fingerprint density at radius 2 is 2.32 bits per heavy atom. The van der Waals surface area contributed by atoms with E-state index in [0.29, 0.717) is 17.7 Å². The van der Waals surface area contributed by atoms with E-state index in [0.717, 1.165) is 19.0 Å². The van der Waals surface area contributed by atoms with Crippen LogP contribution in [0, 0.1) is 5.41 Å². The molecule has 0 amide bonds. The quantitative estimate of drug-likeness (QED) is 0.446. The van der Waals surface area contributed by atoms with Crippen LogP contribution in [0.4, 0.5) is 0 Å². The molecule has 1 aromatic heterocycles. The molecule has 5 nitrogen and oxygen atoms in total. The van der Waals surface area contributed by atoms with Gasteiger partial charge in [-0.2, -0.15) is 0 Å². The van der Waals surface area contributed by atoms with Gasteiger partial charge in [-0.25, -0.2) is 0 Å². The molecule has 0 aromatic carbocycles. The number of aliphatic hydroxyl groups is 1. The lowest BCUT2D eigenvalue weighted by molar-refractivity contribution is 0.0380. The summed E-state index contributed by atoms with van der Waals surface area (Å²) in [4.78, 5) is 6.61. The van der Waals surface area contributed by atoms with Gasteiger partial charge in [-0.3, -0.25) is 4.99 Å². The van der Waals surface area contributed by atoms with Gasteiger partial charge in [0.1, 0.15) is 11.4 Å². The van der Waals surface area contributed by atoms with E-state index in [1.54, 1.807) is 32.4 Å². The topological polar surface area (TPSA) is 61.0 Å². The van der Waals surface area contributed by atoms with Gasteiger partial charge < -0.3 is 19.7 Å². The maximum atomic E-state index is 10.5. The molecule has 1 saturated heterocycles. The van der Waals surface area contributed by atoms with Gasteiger partial charge in [0.15, 0.2) is 5.96 Å². The highest BCUT2D eigenvalue weighted by atomic mass is 127. The second-order valence-corrected chi connectivity index (χ2v) is 6.49. The molecule has 2 rings (SSSR count). The summed E-state index contributed by atoms with van der Waals surface area (Å²) >= 11 is 0. The maximum Gasteiger partial charge on any atom is 0.193 e. The van der Waals surface area contributed by atoms with Crippen molar-refractivity contribution in [3.8, 4) is 0 Å². The Labute approximate surface area is 150 Å². The number of hydrogen-bond acceptors (Lipinski definition) is 3. The van der Waals surface area contributed by atoms with E-state index >= 15 is 0 Å². The van der Waals surface area contributed by atoms with Crippen molar-refractivity contribution in [1.82, 2.24) is 10.2 Å². The Morgan fingerprint density at radius 1 is 1.59 bits per heavy atom. The van der Waals surface area contributed by atoms with Crippen molar-refractivity contribution in [2.24, 2.45) is 10.4 Å². The molecule has 0 bridgehead atoms. The predicted molar refractivity (Wildman–Crippen MR) is 99.6 cm³/mol. The third kappa shape index (κ3) is 4.38. The molecule has 22 heavy (non-hydrogen) atoms. The predicted octanol–water partition coefficient (Wildman–Crippen LogP) is 2.80. The van der Waals surface area contributed by atoms with Gasteiger partial charge in [0.25, 0.3) is 0 Å². The summed E-state index contributed by atoms with van der Waals surface area (Å²) < 4.78 is 5.30. The number of hydrogen-bond donors (Lipinski definition) is 2. The molecule has 0 spiro atoms. The number of guanidine groups is 1. The highest BCUT2D eigenvalue weighted by Gasteiger charge is 2.34. The second-order valence-electron chi connectivity index (χ2n) is 6.49. The van der Waals surface area contributed by atoms with Gasteiger partial charge in [-0.1, -0.05) is 13.8 Å². The number of nitrogens with one attached hydrogen (secondary N) is 1. The first-order valence-electron chi connectivity index (χ1n) is 7.62. The van der Waals surface area contributed by atoms with Crippen LogP contribution >= 0.6 is 24.0 Å². The molecule has 2 unspecified atom stereocenters. The summed E-state index contributed by atoms with van der Waals surface area (Å²) in [7, 11) is 1.78. The van der Waals surface area contributed by atoms with E-state index in [1.807, 2.05) is 0 Å². The fourth-order valence-electron chi connectivity index (χ4n) is 2.75. The van der Waals surface area contributed by atoms with Crippen molar-refractivity contribution in [3.05, 3.63) is 24.2 Å². The van der Waals surface area contributed by atoms with Crippen LogP contribution in [0.3, 0.4) is 0 Å². The largest absolute Gasteiger partial charge is 0.466 e. The van der Waals surface area contributed by atoms with Gasteiger partial charge in [-0.05, 0) is 37.3 Å². The normalized spacial score (nSPS) is 24.8. The molecule has 6 heteroatoms. The summed E-state index contributed by atoms with van der Waals surface area (Å²) in [6, 6.07) is 3.57. The van der Waals surface area contributed by atoms with Crippen LogP contribution in [-0.4, -0.2) is 42.6 Å². The van der Waals surface area contributed by atoms with E-state index in [2.05, 4.69) is 29.1 Å². The molecule has 126 valence electrons. The molecule has 2 atom stereocenters. The summed E-state index contributed by atoms with van der Waals surface area (Å²) in [5.41, 5.74) is -0.686. The summed E-state index contributed by atoms with van der Waals surface area (Å²) in [6.45, 7) is 8.68. The number of aliphatic imine (C=N–C) groups is 1. The van der Waals surface area contributed by atoms with Crippen molar-refractivity contribution >= 4 is 29.9 Å². The molecule has 2 N–H and O–H groups in total. The zero-order chi connectivity index (χ0) is 15.5. The maximum absolute atomic E-state index is 10.5. The zero-order valence-electron chi connectivity index (χ0n) is 13.9. The average Bonchev–Trinajstić information content (AvgIpc) is 3.10. The van der Waals surface area contributed by atoms with Crippen LogP contribution in [0.2, 0.25) is 0 Å². The second kappa shape index (κ2) is 7.68. The Hall–Kier alpha value is -0.760. The fourth-order valence-corrected chi connectivity index (χ4v) is 2.75. The first-order valence-corrected chi connectivity index (χ1v) is 7.62. The van der Waals surface area contributed by atoms with E-state index in [4.69, 9.17) is 4.42 Å². The molecule has 1 aliphatic rings. The minimum Gasteiger partial charge on any atom is -0.466 e. The lowest BCUT2D eigenvalue weighted by Gasteiger charge is -2.28. The van der Waals surface area contributed by atoms with Gasteiger partial charge in [0.2, 0.25) is 0 Å². The Morgan fingerprint density at radius 3 is 2.82 bits per heavy atom. The summed E-state index contributed by atoms with van der Waals surface area (Å²) in [5.74, 6) is 1.41. The number of rotatable bonds is 4. The Balaban J connectivity index is 0.00000242. The van der Waals surface area contributed by atoms with Crippen LogP contribution in [0.25, 0.3) is 0 Å². The molecule has 1 aliphatic heterocycles. The summed E-state index contributed by atoms with van der Waals surface area (Å²) in [6.07, 6.45) is 3.93. The smallest absolute Gasteiger partial charge is 0.193 e. The van der Waals surface area contributed by atoms with Crippen LogP contribution in [0.5, 0.6) is 0 Å². The van der Waals surface area contributed by atoms with Crippen LogP contribution in [0.15, 0.2) is 27.8 Å². The van der Waals surface area contributed by atoms with Crippen molar-refractivity contribution in [1.29, 1.82) is 0 Å². The molecule has 1 fully saturated rings. The molecule has 0 aliphatic carbocycles. The van der Waals surface area contributed by atoms with Crippen molar-refractivity contribution < 1.29 is 9.52 Å². The van der Waals surface area contributed by atoms with Gasteiger partial charge in [0, 0.05) is 20.1 Å².